The number of imidazole rings is 1. The molecule has 0 fully saturated rings. The van der Waals surface area contributed by atoms with E-state index >= 15 is 0 Å². The lowest BCUT2D eigenvalue weighted by molar-refractivity contribution is 0.598. The van der Waals surface area contributed by atoms with Crippen LogP contribution in [0.5, 0.6) is 0 Å². The summed E-state index contributed by atoms with van der Waals surface area (Å²) in [6.45, 7) is 4.83. The van der Waals surface area contributed by atoms with E-state index in [1.807, 2.05) is 39.1 Å². The Morgan fingerprint density at radius 1 is 1.44 bits per heavy atom. The number of H-pyrrole nitrogens is 1. The molecule has 1 aromatic heterocycles. The third kappa shape index (κ3) is 1.76. The van der Waals surface area contributed by atoms with Crippen molar-refractivity contribution in [1.82, 2.24) is 14.9 Å². The Kier molecular flexibility index (Phi) is 2.83. The summed E-state index contributed by atoms with van der Waals surface area (Å²) in [7, 11) is 1.91. The van der Waals surface area contributed by atoms with Gasteiger partial charge in [-0.2, -0.15) is 0 Å². The average molecular weight is 219 g/mol. The highest BCUT2D eigenvalue weighted by molar-refractivity contribution is 5.76. The minimum absolute atomic E-state index is 0.0355. The van der Waals surface area contributed by atoms with Crippen LogP contribution >= 0.6 is 0 Å². The quantitative estimate of drug-likeness (QED) is 0.824. The Bertz CT molecular complexity index is 551. The lowest BCUT2D eigenvalue weighted by atomic mass is 10.2. The zero-order valence-electron chi connectivity index (χ0n) is 9.87. The molecule has 0 aliphatic rings. The van der Waals surface area contributed by atoms with Crippen molar-refractivity contribution in [3.63, 3.8) is 0 Å². The highest BCUT2D eigenvalue weighted by atomic mass is 16.1. The highest BCUT2D eigenvalue weighted by Gasteiger charge is 2.09. The van der Waals surface area contributed by atoms with E-state index in [2.05, 4.69) is 10.3 Å². The fraction of sp³-hybridized carbons (Fsp3) is 0.417. The van der Waals surface area contributed by atoms with E-state index < -0.39 is 0 Å². The smallest absolute Gasteiger partial charge is 0.316 e. The van der Waals surface area contributed by atoms with Crippen LogP contribution in [-0.4, -0.2) is 16.6 Å². The maximum Gasteiger partial charge on any atom is 0.326 e. The average Bonchev–Trinajstić information content (AvgIpc) is 2.53. The lowest BCUT2D eigenvalue weighted by Gasteiger charge is -2.07. The van der Waals surface area contributed by atoms with E-state index in [1.165, 1.54) is 5.56 Å². The summed E-state index contributed by atoms with van der Waals surface area (Å²) in [4.78, 5) is 14.6. The maximum absolute atomic E-state index is 11.7. The van der Waals surface area contributed by atoms with Crippen molar-refractivity contribution in [2.24, 2.45) is 0 Å². The first-order chi connectivity index (χ1) is 7.63. The second kappa shape index (κ2) is 4.14. The molecule has 0 radical (unpaired) electrons. The van der Waals surface area contributed by atoms with Gasteiger partial charge in [0.25, 0.3) is 0 Å². The minimum Gasteiger partial charge on any atom is -0.316 e. The molecule has 2 N–H and O–H groups in total. The molecule has 4 nitrogen and oxygen atoms in total. The summed E-state index contributed by atoms with van der Waals surface area (Å²) in [5.74, 6) is 0. The zero-order valence-corrected chi connectivity index (χ0v) is 9.87. The van der Waals surface area contributed by atoms with Gasteiger partial charge in [0.15, 0.2) is 0 Å². The maximum atomic E-state index is 11.7. The molecule has 1 aromatic carbocycles. The Morgan fingerprint density at radius 2 is 2.19 bits per heavy atom. The largest absolute Gasteiger partial charge is 0.326 e. The first-order valence-electron chi connectivity index (χ1n) is 5.51. The van der Waals surface area contributed by atoms with Crippen molar-refractivity contribution in [1.29, 1.82) is 0 Å². The van der Waals surface area contributed by atoms with E-state index in [0.29, 0.717) is 0 Å². The molecule has 0 atom stereocenters. The Hall–Kier alpha value is -1.55. The van der Waals surface area contributed by atoms with Gasteiger partial charge < -0.3 is 10.3 Å². The molecule has 0 saturated heterocycles. The number of benzene rings is 1. The van der Waals surface area contributed by atoms with Crippen LogP contribution in [0, 0.1) is 0 Å². The van der Waals surface area contributed by atoms with Crippen LogP contribution in [-0.2, 0) is 6.54 Å². The number of aromatic nitrogens is 2. The fourth-order valence-corrected chi connectivity index (χ4v) is 2.00. The molecule has 16 heavy (non-hydrogen) atoms. The molecule has 1 heterocycles. The lowest BCUT2D eigenvalue weighted by Crippen LogP contribution is -2.18. The molecular formula is C12H17N3O. The standard InChI is InChI=1S/C12H17N3O/c1-8(2)15-11-5-4-9(7-13-3)6-10(11)14-12(15)16/h4-6,8,13H,7H2,1-3H3,(H,14,16). The molecule has 0 saturated carbocycles. The molecule has 0 bridgehead atoms. The van der Waals surface area contributed by atoms with E-state index in [9.17, 15) is 4.79 Å². The topological polar surface area (TPSA) is 49.8 Å². The number of hydrogen-bond acceptors (Lipinski definition) is 2. The van der Waals surface area contributed by atoms with Gasteiger partial charge in [-0.3, -0.25) is 4.57 Å². The van der Waals surface area contributed by atoms with E-state index in [4.69, 9.17) is 0 Å². The summed E-state index contributed by atoms with van der Waals surface area (Å²) < 4.78 is 1.78. The van der Waals surface area contributed by atoms with Crippen LogP contribution in [0.15, 0.2) is 23.0 Å². The van der Waals surface area contributed by atoms with Gasteiger partial charge in [-0.25, -0.2) is 4.79 Å². The molecule has 0 spiro atoms. The molecule has 2 rings (SSSR count). The minimum atomic E-state index is -0.0355. The van der Waals surface area contributed by atoms with Crippen LogP contribution < -0.4 is 11.0 Å². The number of aromatic amines is 1. The summed E-state index contributed by atoms with van der Waals surface area (Å²) in [6, 6.07) is 6.24. The van der Waals surface area contributed by atoms with Gasteiger partial charge in [-0.1, -0.05) is 6.07 Å². The summed E-state index contributed by atoms with van der Waals surface area (Å²) in [5.41, 5.74) is 3.02. The van der Waals surface area contributed by atoms with Crippen molar-refractivity contribution in [3.8, 4) is 0 Å². The van der Waals surface area contributed by atoms with Crippen LogP contribution in [0.25, 0.3) is 11.0 Å². The van der Waals surface area contributed by atoms with Crippen molar-refractivity contribution in [2.75, 3.05) is 7.05 Å². The van der Waals surface area contributed by atoms with Crippen LogP contribution in [0.2, 0.25) is 0 Å². The Morgan fingerprint density at radius 3 is 2.81 bits per heavy atom. The van der Waals surface area contributed by atoms with Gasteiger partial charge in [0.05, 0.1) is 11.0 Å². The number of fused-ring (bicyclic) bond motifs is 1. The third-order valence-corrected chi connectivity index (χ3v) is 2.68. The molecule has 4 heteroatoms. The number of hydrogen-bond donors (Lipinski definition) is 2. The van der Waals surface area contributed by atoms with E-state index in [0.717, 1.165) is 17.6 Å². The van der Waals surface area contributed by atoms with Gasteiger partial charge in [-0.15, -0.1) is 0 Å². The summed E-state index contributed by atoms with van der Waals surface area (Å²) >= 11 is 0. The van der Waals surface area contributed by atoms with Gasteiger partial charge >= 0.3 is 5.69 Å². The fourth-order valence-electron chi connectivity index (χ4n) is 2.00. The van der Waals surface area contributed by atoms with Gasteiger partial charge in [-0.05, 0) is 38.6 Å². The number of nitrogens with zero attached hydrogens (tertiary/aromatic N) is 1. The van der Waals surface area contributed by atoms with Crippen molar-refractivity contribution in [3.05, 3.63) is 34.2 Å². The highest BCUT2D eigenvalue weighted by Crippen LogP contribution is 2.16. The second-order valence-corrected chi connectivity index (χ2v) is 4.28. The summed E-state index contributed by atoms with van der Waals surface area (Å²) in [5, 5.41) is 3.09. The normalized spacial score (nSPS) is 11.5. The monoisotopic (exact) mass is 219 g/mol. The Balaban J connectivity index is 2.61. The summed E-state index contributed by atoms with van der Waals surface area (Å²) in [6.07, 6.45) is 0. The van der Waals surface area contributed by atoms with Crippen molar-refractivity contribution >= 4 is 11.0 Å². The zero-order chi connectivity index (χ0) is 11.7. The molecule has 0 unspecified atom stereocenters. The van der Waals surface area contributed by atoms with Crippen molar-refractivity contribution < 1.29 is 0 Å². The molecule has 2 aromatic rings. The van der Waals surface area contributed by atoms with Crippen LogP contribution in [0.1, 0.15) is 25.5 Å². The molecule has 0 amide bonds. The first kappa shape index (κ1) is 11.0. The molecular weight excluding hydrogens is 202 g/mol. The predicted molar refractivity (Wildman–Crippen MR) is 65.7 cm³/mol. The van der Waals surface area contributed by atoms with E-state index in [1.54, 1.807) is 4.57 Å². The van der Waals surface area contributed by atoms with Gasteiger partial charge in [0.2, 0.25) is 0 Å². The Labute approximate surface area is 94.3 Å². The van der Waals surface area contributed by atoms with Gasteiger partial charge in [0.1, 0.15) is 0 Å². The SMILES string of the molecule is CNCc1ccc2c(c1)[nH]c(=O)n2C(C)C. The van der Waals surface area contributed by atoms with Crippen LogP contribution in [0.3, 0.4) is 0 Å². The molecule has 86 valence electrons. The second-order valence-electron chi connectivity index (χ2n) is 4.28. The van der Waals surface area contributed by atoms with Gasteiger partial charge in [0, 0.05) is 12.6 Å². The van der Waals surface area contributed by atoms with Crippen molar-refractivity contribution in [2.45, 2.75) is 26.4 Å². The first-order valence-corrected chi connectivity index (χ1v) is 5.51. The number of rotatable bonds is 3. The third-order valence-electron chi connectivity index (χ3n) is 2.68. The predicted octanol–water partition coefficient (Wildman–Crippen LogP) is 1.63. The number of nitrogens with one attached hydrogen (secondary N) is 2. The van der Waals surface area contributed by atoms with Crippen LogP contribution in [0.4, 0.5) is 0 Å². The van der Waals surface area contributed by atoms with E-state index in [-0.39, 0.29) is 11.7 Å². The molecule has 0 aliphatic heterocycles. The molecule has 0 aliphatic carbocycles.